The lowest BCUT2D eigenvalue weighted by Crippen LogP contribution is -2.21. The molecule has 1 N–H and O–H groups in total. The largest absolute Gasteiger partial charge is 0.359 e. The highest BCUT2D eigenvalue weighted by atomic mass is 35.5. The van der Waals surface area contributed by atoms with E-state index in [4.69, 9.17) is 11.6 Å². The van der Waals surface area contributed by atoms with Gasteiger partial charge < -0.3 is 5.32 Å². The van der Waals surface area contributed by atoms with Crippen LogP contribution in [0.1, 0.15) is 37.7 Å². The Morgan fingerprint density at radius 1 is 1.28 bits per heavy atom. The van der Waals surface area contributed by atoms with Crippen LogP contribution in [-0.2, 0) is 0 Å². The molecule has 1 aliphatic rings. The summed E-state index contributed by atoms with van der Waals surface area (Å²) in [6, 6.07) is 4.70. The van der Waals surface area contributed by atoms with E-state index in [2.05, 4.69) is 16.4 Å². The standard InChI is InChI=1S/C14H17ClN2S/c1-9-7-13-12(8-11(9)15)17-14(18-13)16-10-5-3-2-4-6-10/h7-8,10H,2-6H2,1H3,(H,16,17). The zero-order chi connectivity index (χ0) is 12.5. The summed E-state index contributed by atoms with van der Waals surface area (Å²) in [6.07, 6.45) is 6.61. The number of aryl methyl sites for hydroxylation is 1. The number of rotatable bonds is 2. The molecule has 0 unspecified atom stereocenters. The number of thiazole rings is 1. The Balaban J connectivity index is 1.84. The summed E-state index contributed by atoms with van der Waals surface area (Å²) in [5.74, 6) is 0. The smallest absolute Gasteiger partial charge is 0.184 e. The van der Waals surface area contributed by atoms with Gasteiger partial charge in [-0.3, -0.25) is 0 Å². The van der Waals surface area contributed by atoms with E-state index >= 15 is 0 Å². The molecule has 1 aromatic heterocycles. The Bertz CT molecular complexity index is 519. The van der Waals surface area contributed by atoms with Crippen LogP contribution in [-0.4, -0.2) is 11.0 Å². The maximum atomic E-state index is 6.13. The van der Waals surface area contributed by atoms with Gasteiger partial charge in [0, 0.05) is 11.1 Å². The van der Waals surface area contributed by atoms with Crippen LogP contribution in [0, 0.1) is 6.92 Å². The van der Waals surface area contributed by atoms with Crippen molar-refractivity contribution in [1.82, 2.24) is 4.98 Å². The molecule has 2 aromatic rings. The van der Waals surface area contributed by atoms with Crippen LogP contribution in [0.5, 0.6) is 0 Å². The molecule has 0 aliphatic heterocycles. The molecule has 18 heavy (non-hydrogen) atoms. The molecule has 0 radical (unpaired) electrons. The van der Waals surface area contributed by atoms with Gasteiger partial charge >= 0.3 is 0 Å². The van der Waals surface area contributed by atoms with E-state index < -0.39 is 0 Å². The van der Waals surface area contributed by atoms with Crippen LogP contribution in [0.25, 0.3) is 10.2 Å². The third kappa shape index (κ3) is 2.47. The zero-order valence-corrected chi connectivity index (χ0v) is 12.1. The van der Waals surface area contributed by atoms with E-state index in [1.165, 1.54) is 36.8 Å². The van der Waals surface area contributed by atoms with Crippen LogP contribution in [0.2, 0.25) is 5.02 Å². The molecule has 96 valence electrons. The van der Waals surface area contributed by atoms with Crippen molar-refractivity contribution in [2.75, 3.05) is 5.32 Å². The Labute approximate surface area is 116 Å². The molecule has 1 saturated carbocycles. The lowest BCUT2D eigenvalue weighted by molar-refractivity contribution is 0.462. The van der Waals surface area contributed by atoms with Crippen molar-refractivity contribution in [2.24, 2.45) is 0 Å². The van der Waals surface area contributed by atoms with Crippen LogP contribution < -0.4 is 5.32 Å². The minimum atomic E-state index is 0.607. The molecule has 4 heteroatoms. The Kier molecular flexibility index (Phi) is 3.44. The van der Waals surface area contributed by atoms with Gasteiger partial charge in [-0.25, -0.2) is 4.98 Å². The van der Waals surface area contributed by atoms with Crippen LogP contribution in [0.3, 0.4) is 0 Å². The predicted octanol–water partition coefficient (Wildman–Crippen LogP) is 5.00. The minimum absolute atomic E-state index is 0.607. The fourth-order valence-electron chi connectivity index (χ4n) is 2.53. The van der Waals surface area contributed by atoms with Gasteiger partial charge in [-0.15, -0.1) is 0 Å². The van der Waals surface area contributed by atoms with E-state index in [0.717, 1.165) is 21.2 Å². The van der Waals surface area contributed by atoms with Crippen LogP contribution >= 0.6 is 22.9 Å². The van der Waals surface area contributed by atoms with Crippen LogP contribution in [0.4, 0.5) is 5.13 Å². The molecular formula is C14H17ClN2S. The number of hydrogen-bond donors (Lipinski definition) is 1. The lowest BCUT2D eigenvalue weighted by Gasteiger charge is -2.22. The second-order valence-corrected chi connectivity index (χ2v) is 6.51. The Morgan fingerprint density at radius 3 is 2.83 bits per heavy atom. The van der Waals surface area contributed by atoms with Gasteiger partial charge in [-0.2, -0.15) is 0 Å². The van der Waals surface area contributed by atoms with E-state index in [1.807, 2.05) is 13.0 Å². The highest BCUT2D eigenvalue weighted by molar-refractivity contribution is 7.22. The summed E-state index contributed by atoms with van der Waals surface area (Å²) >= 11 is 7.87. The van der Waals surface area contributed by atoms with Crippen molar-refractivity contribution in [3.63, 3.8) is 0 Å². The van der Waals surface area contributed by atoms with E-state index in [0.29, 0.717) is 6.04 Å². The number of nitrogens with one attached hydrogen (secondary N) is 1. The number of anilines is 1. The van der Waals surface area contributed by atoms with E-state index in [9.17, 15) is 0 Å². The fraction of sp³-hybridized carbons (Fsp3) is 0.500. The second kappa shape index (κ2) is 5.06. The van der Waals surface area contributed by atoms with Gasteiger partial charge in [0.25, 0.3) is 0 Å². The molecular weight excluding hydrogens is 264 g/mol. The van der Waals surface area contributed by atoms with Gasteiger partial charge in [-0.1, -0.05) is 42.2 Å². The number of halogens is 1. The summed E-state index contributed by atoms with van der Waals surface area (Å²) in [4.78, 5) is 4.63. The summed E-state index contributed by atoms with van der Waals surface area (Å²) in [6.45, 7) is 2.04. The van der Waals surface area contributed by atoms with Crippen molar-refractivity contribution in [2.45, 2.75) is 45.1 Å². The van der Waals surface area contributed by atoms with Crippen molar-refractivity contribution in [3.8, 4) is 0 Å². The van der Waals surface area contributed by atoms with Gasteiger partial charge in [-0.05, 0) is 37.5 Å². The number of fused-ring (bicyclic) bond motifs is 1. The first kappa shape index (κ1) is 12.2. The van der Waals surface area contributed by atoms with Gasteiger partial charge in [0.1, 0.15) is 0 Å². The molecule has 0 bridgehead atoms. The molecule has 1 aliphatic carbocycles. The zero-order valence-electron chi connectivity index (χ0n) is 10.5. The van der Waals surface area contributed by atoms with Crippen molar-refractivity contribution >= 4 is 38.3 Å². The normalized spacial score (nSPS) is 17.2. The molecule has 1 heterocycles. The molecule has 2 nitrogen and oxygen atoms in total. The second-order valence-electron chi connectivity index (χ2n) is 5.07. The first-order valence-electron chi connectivity index (χ1n) is 6.55. The number of nitrogens with zero attached hydrogens (tertiary/aromatic N) is 1. The Hall–Kier alpha value is -0.800. The summed E-state index contributed by atoms with van der Waals surface area (Å²) in [5.41, 5.74) is 2.13. The summed E-state index contributed by atoms with van der Waals surface area (Å²) in [5, 5.41) is 5.42. The highest BCUT2D eigenvalue weighted by Gasteiger charge is 2.15. The molecule has 1 fully saturated rings. The molecule has 3 rings (SSSR count). The third-order valence-electron chi connectivity index (χ3n) is 3.60. The van der Waals surface area contributed by atoms with Crippen molar-refractivity contribution in [3.05, 3.63) is 22.7 Å². The molecule has 1 aromatic carbocycles. The maximum absolute atomic E-state index is 6.13. The van der Waals surface area contributed by atoms with Gasteiger partial charge in [0.05, 0.1) is 10.2 Å². The summed E-state index contributed by atoms with van der Waals surface area (Å²) in [7, 11) is 0. The third-order valence-corrected chi connectivity index (χ3v) is 4.96. The number of aromatic nitrogens is 1. The molecule has 0 saturated heterocycles. The minimum Gasteiger partial charge on any atom is -0.359 e. The monoisotopic (exact) mass is 280 g/mol. The van der Waals surface area contributed by atoms with Gasteiger partial charge in [0.2, 0.25) is 0 Å². The summed E-state index contributed by atoms with van der Waals surface area (Å²) < 4.78 is 1.22. The first-order chi connectivity index (χ1) is 8.72. The molecule has 0 amide bonds. The van der Waals surface area contributed by atoms with Gasteiger partial charge in [0.15, 0.2) is 5.13 Å². The first-order valence-corrected chi connectivity index (χ1v) is 7.75. The van der Waals surface area contributed by atoms with E-state index in [1.54, 1.807) is 11.3 Å². The van der Waals surface area contributed by atoms with Crippen molar-refractivity contribution in [1.29, 1.82) is 0 Å². The Morgan fingerprint density at radius 2 is 2.06 bits per heavy atom. The lowest BCUT2D eigenvalue weighted by atomic mass is 9.96. The topological polar surface area (TPSA) is 24.9 Å². The highest BCUT2D eigenvalue weighted by Crippen LogP contribution is 2.31. The maximum Gasteiger partial charge on any atom is 0.184 e. The average Bonchev–Trinajstić information content (AvgIpc) is 2.72. The van der Waals surface area contributed by atoms with E-state index in [-0.39, 0.29) is 0 Å². The predicted molar refractivity (Wildman–Crippen MR) is 79.9 cm³/mol. The fourth-order valence-corrected chi connectivity index (χ4v) is 3.71. The molecule has 0 spiro atoms. The quantitative estimate of drug-likeness (QED) is 0.837. The number of hydrogen-bond acceptors (Lipinski definition) is 3. The number of benzene rings is 1. The SMILES string of the molecule is Cc1cc2sc(NC3CCCCC3)nc2cc1Cl. The van der Waals surface area contributed by atoms with Crippen LogP contribution in [0.15, 0.2) is 12.1 Å². The average molecular weight is 281 g/mol. The molecule has 0 atom stereocenters. The van der Waals surface area contributed by atoms with Crippen molar-refractivity contribution < 1.29 is 0 Å².